The van der Waals surface area contributed by atoms with Gasteiger partial charge in [0, 0.05) is 18.5 Å². The predicted molar refractivity (Wildman–Crippen MR) is 103 cm³/mol. The number of ether oxygens (including phenoxy) is 2. The Bertz CT molecular complexity index is 952. The number of halogens is 3. The number of nitrogens with one attached hydrogen (secondary N) is 1. The first-order chi connectivity index (χ1) is 14.4. The molecule has 0 saturated heterocycles. The Balaban J connectivity index is 1.74. The van der Waals surface area contributed by atoms with E-state index in [2.05, 4.69) is 5.32 Å². The summed E-state index contributed by atoms with van der Waals surface area (Å²) in [4.78, 5) is 26.5. The van der Waals surface area contributed by atoms with Gasteiger partial charge in [-0.1, -0.05) is 6.92 Å². The van der Waals surface area contributed by atoms with Crippen molar-refractivity contribution in [3.05, 3.63) is 53.3 Å². The van der Waals surface area contributed by atoms with E-state index in [9.17, 15) is 22.8 Å². The first-order valence-electron chi connectivity index (χ1n) is 9.53. The summed E-state index contributed by atoms with van der Waals surface area (Å²) in [6, 6.07) is 6.39. The van der Waals surface area contributed by atoms with Crippen molar-refractivity contribution >= 4 is 17.5 Å². The van der Waals surface area contributed by atoms with Crippen LogP contribution in [0.3, 0.4) is 0 Å². The number of fused-ring (bicyclic) bond motifs is 1. The van der Waals surface area contributed by atoms with Gasteiger partial charge in [-0.2, -0.15) is 0 Å². The van der Waals surface area contributed by atoms with Gasteiger partial charge in [0.25, 0.3) is 5.91 Å². The van der Waals surface area contributed by atoms with E-state index in [0.717, 1.165) is 12.5 Å². The molecule has 9 heteroatoms. The molecule has 3 rings (SSSR count). The summed E-state index contributed by atoms with van der Waals surface area (Å²) in [6.45, 7) is 2.69. The Kier molecular flexibility index (Phi) is 6.81. The zero-order valence-corrected chi connectivity index (χ0v) is 16.3. The lowest BCUT2D eigenvalue weighted by Gasteiger charge is -2.22. The van der Waals surface area contributed by atoms with Crippen LogP contribution in [0.1, 0.15) is 30.1 Å². The van der Waals surface area contributed by atoms with Crippen LogP contribution in [-0.4, -0.2) is 43.0 Å². The maximum Gasteiger partial charge on any atom is 0.254 e. The molecule has 1 heterocycles. The molecule has 0 aromatic heterocycles. The number of carbonyl (C=O) groups excluding carboxylic acids is 2. The molecule has 1 aliphatic rings. The number of amides is 2. The second-order valence-electron chi connectivity index (χ2n) is 6.71. The van der Waals surface area contributed by atoms with Crippen LogP contribution >= 0.6 is 0 Å². The van der Waals surface area contributed by atoms with E-state index in [1.807, 2.05) is 6.92 Å². The lowest BCUT2D eigenvalue weighted by atomic mass is 10.1. The van der Waals surface area contributed by atoms with Gasteiger partial charge in [-0.3, -0.25) is 9.59 Å². The number of benzene rings is 2. The maximum atomic E-state index is 13.8. The lowest BCUT2D eigenvalue weighted by Crippen LogP contribution is -2.38. The first-order valence-corrected chi connectivity index (χ1v) is 9.53. The third kappa shape index (κ3) is 4.84. The molecule has 0 saturated carbocycles. The average molecular weight is 422 g/mol. The van der Waals surface area contributed by atoms with E-state index >= 15 is 0 Å². The Morgan fingerprint density at radius 1 is 1.03 bits per heavy atom. The molecule has 0 unspecified atom stereocenters. The van der Waals surface area contributed by atoms with E-state index < -0.39 is 35.0 Å². The SMILES string of the molecule is CCCN(CC(=O)Nc1ccc(F)c(F)c1F)C(=O)c1ccc2c(c1)OCCCO2. The topological polar surface area (TPSA) is 67.9 Å². The smallest absolute Gasteiger partial charge is 0.254 e. The fourth-order valence-electron chi connectivity index (χ4n) is 2.99. The Morgan fingerprint density at radius 2 is 1.77 bits per heavy atom. The van der Waals surface area contributed by atoms with Gasteiger partial charge in [0.1, 0.15) is 6.54 Å². The molecule has 160 valence electrons. The normalized spacial score (nSPS) is 12.8. The number of hydrogen-bond donors (Lipinski definition) is 1. The molecule has 2 aromatic rings. The molecule has 0 bridgehead atoms. The van der Waals surface area contributed by atoms with Gasteiger partial charge < -0.3 is 19.7 Å². The van der Waals surface area contributed by atoms with Crippen LogP contribution in [0.4, 0.5) is 18.9 Å². The van der Waals surface area contributed by atoms with Gasteiger partial charge in [-0.15, -0.1) is 0 Å². The van der Waals surface area contributed by atoms with Crippen molar-refractivity contribution in [1.82, 2.24) is 4.90 Å². The van der Waals surface area contributed by atoms with Crippen molar-refractivity contribution in [1.29, 1.82) is 0 Å². The number of carbonyl (C=O) groups is 2. The predicted octanol–water partition coefficient (Wildman–Crippen LogP) is 3.76. The van der Waals surface area contributed by atoms with Crippen LogP contribution in [-0.2, 0) is 4.79 Å². The van der Waals surface area contributed by atoms with Crippen LogP contribution in [0.5, 0.6) is 11.5 Å². The summed E-state index contributed by atoms with van der Waals surface area (Å²) >= 11 is 0. The maximum absolute atomic E-state index is 13.8. The minimum Gasteiger partial charge on any atom is -0.490 e. The van der Waals surface area contributed by atoms with Gasteiger partial charge in [0.15, 0.2) is 29.0 Å². The van der Waals surface area contributed by atoms with E-state index in [4.69, 9.17) is 9.47 Å². The van der Waals surface area contributed by atoms with Crippen LogP contribution < -0.4 is 14.8 Å². The standard InChI is InChI=1S/C21H21F3N2O4/c1-2-8-26(12-18(27)25-15-6-5-14(22)19(23)20(15)24)21(28)13-4-7-16-17(11-13)30-10-3-9-29-16/h4-7,11H,2-3,8-10,12H2,1H3,(H,25,27). The number of rotatable bonds is 6. The van der Waals surface area contributed by atoms with Crippen molar-refractivity contribution < 1.29 is 32.2 Å². The molecule has 2 amide bonds. The molecule has 1 N–H and O–H groups in total. The van der Waals surface area contributed by atoms with E-state index in [1.165, 1.54) is 4.90 Å². The Labute approximate surface area is 171 Å². The molecule has 0 spiro atoms. The van der Waals surface area contributed by atoms with Crippen molar-refractivity contribution in [2.24, 2.45) is 0 Å². The van der Waals surface area contributed by atoms with E-state index in [-0.39, 0.29) is 13.1 Å². The highest BCUT2D eigenvalue weighted by molar-refractivity contribution is 5.99. The van der Waals surface area contributed by atoms with Gasteiger partial charge in [0.2, 0.25) is 5.91 Å². The number of hydrogen-bond acceptors (Lipinski definition) is 4. The van der Waals surface area contributed by atoms with Crippen molar-refractivity contribution in [3.8, 4) is 11.5 Å². The fraction of sp³-hybridized carbons (Fsp3) is 0.333. The summed E-state index contributed by atoms with van der Waals surface area (Å²) in [5.74, 6) is -4.71. The molecule has 0 atom stereocenters. The molecule has 6 nitrogen and oxygen atoms in total. The third-order valence-corrected chi connectivity index (χ3v) is 4.42. The molecule has 0 fully saturated rings. The monoisotopic (exact) mass is 422 g/mol. The molecular formula is C21H21F3N2O4. The van der Waals surface area contributed by atoms with Gasteiger partial charge in [-0.25, -0.2) is 13.2 Å². The lowest BCUT2D eigenvalue weighted by molar-refractivity contribution is -0.116. The highest BCUT2D eigenvalue weighted by Gasteiger charge is 2.22. The average Bonchev–Trinajstić information content (AvgIpc) is 2.98. The highest BCUT2D eigenvalue weighted by atomic mass is 19.2. The number of anilines is 1. The van der Waals surface area contributed by atoms with Crippen LogP contribution in [0.2, 0.25) is 0 Å². The summed E-state index contributed by atoms with van der Waals surface area (Å²) in [6.07, 6.45) is 1.30. The van der Waals surface area contributed by atoms with Crippen molar-refractivity contribution in [2.75, 3.05) is 31.6 Å². The summed E-state index contributed by atoms with van der Waals surface area (Å²) in [5, 5.41) is 2.17. The van der Waals surface area contributed by atoms with E-state index in [1.54, 1.807) is 18.2 Å². The Morgan fingerprint density at radius 3 is 2.50 bits per heavy atom. The highest BCUT2D eigenvalue weighted by Crippen LogP contribution is 2.31. The molecular weight excluding hydrogens is 401 g/mol. The molecule has 0 radical (unpaired) electrons. The van der Waals surface area contributed by atoms with Gasteiger partial charge in [0.05, 0.1) is 18.9 Å². The molecule has 0 aliphatic carbocycles. The summed E-state index contributed by atoms with van der Waals surface area (Å²) in [5.41, 5.74) is -0.196. The quantitative estimate of drug-likeness (QED) is 0.720. The zero-order chi connectivity index (χ0) is 21.7. The minimum absolute atomic E-state index is 0.265. The second kappa shape index (κ2) is 9.51. The van der Waals surface area contributed by atoms with Crippen LogP contribution in [0.25, 0.3) is 0 Å². The summed E-state index contributed by atoms with van der Waals surface area (Å²) in [7, 11) is 0. The largest absolute Gasteiger partial charge is 0.490 e. The molecule has 1 aliphatic heterocycles. The van der Waals surface area contributed by atoms with Gasteiger partial charge >= 0.3 is 0 Å². The number of nitrogens with zero attached hydrogens (tertiary/aromatic N) is 1. The fourth-order valence-corrected chi connectivity index (χ4v) is 2.99. The van der Waals surface area contributed by atoms with Crippen LogP contribution in [0, 0.1) is 17.5 Å². The Hall–Kier alpha value is -3.23. The summed E-state index contributed by atoms with van der Waals surface area (Å²) < 4.78 is 51.3. The minimum atomic E-state index is -1.68. The van der Waals surface area contributed by atoms with Crippen LogP contribution in [0.15, 0.2) is 30.3 Å². The zero-order valence-electron chi connectivity index (χ0n) is 16.3. The molecule has 2 aromatic carbocycles. The van der Waals surface area contributed by atoms with Crippen molar-refractivity contribution in [2.45, 2.75) is 19.8 Å². The molecule has 30 heavy (non-hydrogen) atoms. The third-order valence-electron chi connectivity index (χ3n) is 4.42. The van der Waals surface area contributed by atoms with E-state index in [0.29, 0.717) is 42.8 Å². The second-order valence-corrected chi connectivity index (χ2v) is 6.71. The van der Waals surface area contributed by atoms with Gasteiger partial charge in [-0.05, 0) is 36.8 Å². The first kappa shape index (κ1) is 21.5. The van der Waals surface area contributed by atoms with Crippen molar-refractivity contribution in [3.63, 3.8) is 0 Å².